The van der Waals surface area contributed by atoms with Crippen molar-refractivity contribution in [3.63, 3.8) is 0 Å². The molecule has 1 fully saturated rings. The summed E-state index contributed by atoms with van der Waals surface area (Å²) in [5.74, 6) is -0.163. The van der Waals surface area contributed by atoms with Gasteiger partial charge in [0.05, 0.1) is 5.69 Å². The topological polar surface area (TPSA) is 18.5 Å². The van der Waals surface area contributed by atoms with E-state index < -0.39 is 0 Å². The van der Waals surface area contributed by atoms with Gasteiger partial charge >= 0.3 is 0 Å². The summed E-state index contributed by atoms with van der Waals surface area (Å²) in [5, 5.41) is 4.10. The molecule has 3 nitrogen and oxygen atoms in total. The van der Waals surface area contributed by atoms with Crippen LogP contribution in [0.3, 0.4) is 0 Å². The SMILES string of the molecule is CCc1ccccc1NC(=S)N1CCN(c2ccccc2F)CC1. The summed E-state index contributed by atoms with van der Waals surface area (Å²) in [5.41, 5.74) is 3.00. The second-order valence-electron chi connectivity index (χ2n) is 5.87. The van der Waals surface area contributed by atoms with Gasteiger partial charge in [-0.25, -0.2) is 4.39 Å². The molecule has 24 heavy (non-hydrogen) atoms. The van der Waals surface area contributed by atoms with Gasteiger partial charge in [-0.15, -0.1) is 0 Å². The van der Waals surface area contributed by atoms with Gasteiger partial charge in [-0.05, 0) is 42.4 Å². The number of rotatable bonds is 3. The van der Waals surface area contributed by atoms with E-state index in [1.54, 1.807) is 6.07 Å². The van der Waals surface area contributed by atoms with E-state index in [4.69, 9.17) is 12.2 Å². The predicted molar refractivity (Wildman–Crippen MR) is 102 cm³/mol. The van der Waals surface area contributed by atoms with Crippen molar-refractivity contribution in [2.75, 3.05) is 36.4 Å². The van der Waals surface area contributed by atoms with Crippen LogP contribution in [0.1, 0.15) is 12.5 Å². The van der Waals surface area contributed by atoms with Crippen LogP contribution in [0.15, 0.2) is 48.5 Å². The summed E-state index contributed by atoms with van der Waals surface area (Å²) in [7, 11) is 0. The fourth-order valence-corrected chi connectivity index (χ4v) is 3.30. The van der Waals surface area contributed by atoms with E-state index in [-0.39, 0.29) is 5.82 Å². The summed E-state index contributed by atoms with van der Waals surface area (Å²) in [4.78, 5) is 4.23. The van der Waals surface area contributed by atoms with Crippen LogP contribution < -0.4 is 10.2 Å². The Morgan fingerprint density at radius 3 is 2.42 bits per heavy atom. The molecule has 126 valence electrons. The molecule has 1 aliphatic heterocycles. The third-order valence-electron chi connectivity index (χ3n) is 4.40. The predicted octanol–water partition coefficient (Wildman–Crippen LogP) is 3.91. The summed E-state index contributed by atoms with van der Waals surface area (Å²) in [6.07, 6.45) is 0.965. The van der Waals surface area contributed by atoms with E-state index in [0.29, 0.717) is 5.69 Å². The summed E-state index contributed by atoms with van der Waals surface area (Å²) in [6.45, 7) is 5.23. The largest absolute Gasteiger partial charge is 0.366 e. The van der Waals surface area contributed by atoms with Gasteiger partial charge in [-0.2, -0.15) is 0 Å². The Balaban J connectivity index is 1.60. The molecule has 0 spiro atoms. The smallest absolute Gasteiger partial charge is 0.173 e. The molecule has 3 rings (SSSR count). The van der Waals surface area contributed by atoms with Crippen molar-refractivity contribution in [2.24, 2.45) is 0 Å². The van der Waals surface area contributed by atoms with Crippen molar-refractivity contribution in [2.45, 2.75) is 13.3 Å². The standard InChI is InChI=1S/C19H22FN3S/c1-2-15-7-3-5-9-17(15)21-19(24)23-13-11-22(12-14-23)18-10-6-4-8-16(18)20/h3-10H,2,11-14H2,1H3,(H,21,24). The highest BCUT2D eigenvalue weighted by atomic mass is 32.1. The van der Waals surface area contributed by atoms with Gasteiger partial charge in [0.15, 0.2) is 5.11 Å². The van der Waals surface area contributed by atoms with Gasteiger partial charge in [0.2, 0.25) is 0 Å². The number of nitrogens with zero attached hydrogens (tertiary/aromatic N) is 2. The fraction of sp³-hybridized carbons (Fsp3) is 0.316. The van der Waals surface area contributed by atoms with Crippen LogP contribution in [0.4, 0.5) is 15.8 Å². The first-order chi connectivity index (χ1) is 11.7. The Labute approximate surface area is 148 Å². The number of halogens is 1. The Morgan fingerprint density at radius 1 is 1.04 bits per heavy atom. The number of piperazine rings is 1. The van der Waals surface area contributed by atoms with Crippen molar-refractivity contribution in [1.29, 1.82) is 0 Å². The molecule has 0 atom stereocenters. The lowest BCUT2D eigenvalue weighted by Gasteiger charge is -2.37. The number of anilines is 2. The first-order valence-electron chi connectivity index (χ1n) is 8.32. The zero-order valence-electron chi connectivity index (χ0n) is 13.8. The molecule has 0 amide bonds. The molecular weight excluding hydrogens is 321 g/mol. The highest BCUT2D eigenvalue weighted by Gasteiger charge is 2.21. The summed E-state index contributed by atoms with van der Waals surface area (Å²) >= 11 is 5.57. The van der Waals surface area contributed by atoms with Crippen LogP contribution in [0.25, 0.3) is 0 Å². The first-order valence-corrected chi connectivity index (χ1v) is 8.73. The molecule has 1 aliphatic rings. The lowest BCUT2D eigenvalue weighted by atomic mass is 10.1. The molecule has 0 aromatic heterocycles. The zero-order chi connectivity index (χ0) is 16.9. The van der Waals surface area contributed by atoms with Crippen molar-refractivity contribution in [3.8, 4) is 0 Å². The van der Waals surface area contributed by atoms with Crippen LogP contribution in [0.5, 0.6) is 0 Å². The van der Waals surface area contributed by atoms with E-state index >= 15 is 0 Å². The van der Waals surface area contributed by atoms with Crippen LogP contribution in [-0.2, 0) is 6.42 Å². The van der Waals surface area contributed by atoms with Gasteiger partial charge < -0.3 is 15.1 Å². The molecule has 2 aromatic carbocycles. The molecule has 1 N–H and O–H groups in total. The number of hydrogen-bond donors (Lipinski definition) is 1. The average molecular weight is 343 g/mol. The van der Waals surface area contributed by atoms with Gasteiger partial charge in [0.1, 0.15) is 5.82 Å². The van der Waals surface area contributed by atoms with Crippen molar-refractivity contribution in [1.82, 2.24) is 4.90 Å². The Hall–Kier alpha value is -2.14. The maximum absolute atomic E-state index is 13.9. The maximum Gasteiger partial charge on any atom is 0.173 e. The van der Waals surface area contributed by atoms with Gasteiger partial charge in [0.25, 0.3) is 0 Å². The van der Waals surface area contributed by atoms with Crippen LogP contribution in [-0.4, -0.2) is 36.2 Å². The first kappa shape index (κ1) is 16.7. The van der Waals surface area contributed by atoms with Gasteiger partial charge in [-0.1, -0.05) is 37.3 Å². The number of aryl methyl sites for hydroxylation is 1. The van der Waals surface area contributed by atoms with E-state index in [1.165, 1.54) is 11.6 Å². The highest BCUT2D eigenvalue weighted by molar-refractivity contribution is 7.80. The molecule has 0 radical (unpaired) electrons. The number of benzene rings is 2. The van der Waals surface area contributed by atoms with E-state index in [2.05, 4.69) is 34.2 Å². The summed E-state index contributed by atoms with van der Waals surface area (Å²) in [6, 6.07) is 15.2. The second-order valence-corrected chi connectivity index (χ2v) is 6.25. The monoisotopic (exact) mass is 343 g/mol. The molecule has 1 saturated heterocycles. The Bertz CT molecular complexity index is 711. The van der Waals surface area contributed by atoms with Crippen molar-refractivity contribution < 1.29 is 4.39 Å². The minimum atomic E-state index is -0.163. The highest BCUT2D eigenvalue weighted by Crippen LogP contribution is 2.21. The number of thiocarbonyl (C=S) groups is 1. The van der Waals surface area contributed by atoms with E-state index in [1.807, 2.05) is 24.3 Å². The lowest BCUT2D eigenvalue weighted by Crippen LogP contribution is -2.50. The number of nitrogens with one attached hydrogen (secondary N) is 1. The molecular formula is C19H22FN3S. The minimum Gasteiger partial charge on any atom is -0.366 e. The van der Waals surface area contributed by atoms with E-state index in [9.17, 15) is 4.39 Å². The maximum atomic E-state index is 13.9. The third-order valence-corrected chi connectivity index (χ3v) is 4.76. The van der Waals surface area contributed by atoms with Crippen molar-refractivity contribution in [3.05, 3.63) is 59.9 Å². The fourth-order valence-electron chi connectivity index (χ4n) is 3.00. The third kappa shape index (κ3) is 3.67. The Morgan fingerprint density at radius 2 is 1.71 bits per heavy atom. The molecule has 1 heterocycles. The van der Waals surface area contributed by atoms with E-state index in [0.717, 1.165) is 43.4 Å². The molecule has 0 saturated carbocycles. The average Bonchev–Trinajstić information content (AvgIpc) is 2.63. The number of para-hydroxylation sites is 2. The van der Waals surface area contributed by atoms with Crippen LogP contribution >= 0.6 is 12.2 Å². The van der Waals surface area contributed by atoms with Crippen LogP contribution in [0.2, 0.25) is 0 Å². The Kier molecular flexibility index (Phi) is 5.30. The van der Waals surface area contributed by atoms with Gasteiger partial charge in [0, 0.05) is 31.9 Å². The molecule has 0 bridgehead atoms. The van der Waals surface area contributed by atoms with Gasteiger partial charge in [-0.3, -0.25) is 0 Å². The minimum absolute atomic E-state index is 0.163. The molecule has 0 aliphatic carbocycles. The van der Waals surface area contributed by atoms with Crippen LogP contribution in [0, 0.1) is 5.82 Å². The molecule has 2 aromatic rings. The quantitative estimate of drug-likeness (QED) is 0.852. The molecule has 5 heteroatoms. The lowest BCUT2D eigenvalue weighted by molar-refractivity contribution is 0.388. The zero-order valence-corrected chi connectivity index (χ0v) is 14.7. The normalized spacial score (nSPS) is 14.6. The summed E-state index contributed by atoms with van der Waals surface area (Å²) < 4.78 is 13.9. The second kappa shape index (κ2) is 7.62. The van der Waals surface area contributed by atoms with Crippen molar-refractivity contribution >= 4 is 28.7 Å². The molecule has 0 unspecified atom stereocenters. The number of hydrogen-bond acceptors (Lipinski definition) is 2.